The molecule has 1 rings (SSSR count). The summed E-state index contributed by atoms with van der Waals surface area (Å²) in [6, 6.07) is 2.10. The van der Waals surface area contributed by atoms with Gasteiger partial charge >= 0.3 is 12.4 Å². The maximum Gasteiger partial charge on any atom is 0.430 e. The number of primary amides is 1. The quantitative estimate of drug-likeness (QED) is 0.462. The SMILES string of the molecule is CC(=O)C(C)(N=Nc1ccc(C(O)(C(F)(F)F)C(F)(F)F)cc1)C(N)=O. The van der Waals surface area contributed by atoms with Crippen LogP contribution in [0.25, 0.3) is 0 Å². The van der Waals surface area contributed by atoms with Crippen LogP contribution in [0.3, 0.4) is 0 Å². The number of hydrogen-bond donors (Lipinski definition) is 2. The lowest BCUT2D eigenvalue weighted by Crippen LogP contribution is -2.53. The van der Waals surface area contributed by atoms with Crippen molar-refractivity contribution in [1.82, 2.24) is 0 Å². The first kappa shape index (κ1) is 21.5. The van der Waals surface area contributed by atoms with Crippen LogP contribution >= 0.6 is 0 Å². The minimum Gasteiger partial charge on any atom is -0.369 e. The molecule has 0 fully saturated rings. The standard InChI is InChI=1S/C14H13F6N3O3/c1-7(24)11(2,10(21)25)23-22-9-5-3-8(4-6-9)12(26,13(15,16)17)14(18,19)20/h3-6,26H,1-2H3,(H2,21,25). The molecule has 0 saturated heterocycles. The number of nitrogens with two attached hydrogens (primary N) is 1. The van der Waals surface area contributed by atoms with Gasteiger partial charge in [-0.2, -0.15) is 36.6 Å². The number of aliphatic hydroxyl groups is 1. The van der Waals surface area contributed by atoms with Gasteiger partial charge in [-0.3, -0.25) is 9.59 Å². The lowest BCUT2D eigenvalue weighted by atomic mass is 9.92. The average molecular weight is 385 g/mol. The number of Topliss-reactive ketones (excluding diaryl/α,β-unsaturated/α-hetero) is 1. The van der Waals surface area contributed by atoms with E-state index < -0.39 is 40.7 Å². The number of ketones is 1. The Bertz CT molecular complexity index is 697. The molecule has 1 unspecified atom stereocenters. The van der Waals surface area contributed by atoms with Crippen molar-refractivity contribution in [1.29, 1.82) is 0 Å². The Kier molecular flexibility index (Phi) is 5.52. The fourth-order valence-electron chi connectivity index (χ4n) is 1.71. The maximum absolute atomic E-state index is 12.8. The summed E-state index contributed by atoms with van der Waals surface area (Å²) in [6.07, 6.45) is -12.0. The number of benzene rings is 1. The number of rotatable bonds is 5. The largest absolute Gasteiger partial charge is 0.430 e. The van der Waals surface area contributed by atoms with E-state index >= 15 is 0 Å². The Labute approximate surface area is 142 Å². The second kappa shape index (κ2) is 6.67. The predicted octanol–water partition coefficient (Wildman–Crippen LogP) is 2.92. The molecule has 0 saturated carbocycles. The van der Waals surface area contributed by atoms with Crippen molar-refractivity contribution < 1.29 is 41.0 Å². The van der Waals surface area contributed by atoms with Crippen molar-refractivity contribution in [3.05, 3.63) is 29.8 Å². The number of halogens is 6. The molecular weight excluding hydrogens is 372 g/mol. The molecule has 1 aromatic carbocycles. The molecule has 1 amide bonds. The van der Waals surface area contributed by atoms with E-state index in [0.29, 0.717) is 24.3 Å². The molecule has 1 atom stereocenters. The summed E-state index contributed by atoms with van der Waals surface area (Å²) in [5.41, 5.74) is -3.86. The van der Waals surface area contributed by atoms with Crippen LogP contribution in [-0.4, -0.2) is 34.7 Å². The lowest BCUT2D eigenvalue weighted by molar-refractivity contribution is -0.376. The number of carbonyl (C=O) groups excluding carboxylic acids is 2. The second-order valence-electron chi connectivity index (χ2n) is 5.45. The smallest absolute Gasteiger partial charge is 0.369 e. The fourth-order valence-corrected chi connectivity index (χ4v) is 1.71. The molecule has 12 heteroatoms. The number of nitrogens with zero attached hydrogens (tertiary/aromatic N) is 2. The van der Waals surface area contributed by atoms with Gasteiger partial charge in [0.25, 0.3) is 11.5 Å². The summed E-state index contributed by atoms with van der Waals surface area (Å²) in [5.74, 6) is -1.91. The van der Waals surface area contributed by atoms with Crippen LogP contribution in [0, 0.1) is 0 Å². The molecule has 3 N–H and O–H groups in total. The lowest BCUT2D eigenvalue weighted by Gasteiger charge is -2.32. The molecule has 0 bridgehead atoms. The van der Waals surface area contributed by atoms with Crippen molar-refractivity contribution >= 4 is 17.4 Å². The van der Waals surface area contributed by atoms with E-state index in [2.05, 4.69) is 10.2 Å². The first-order valence-electron chi connectivity index (χ1n) is 6.77. The Morgan fingerprint density at radius 3 is 1.73 bits per heavy atom. The molecule has 0 aliphatic heterocycles. The third-order valence-corrected chi connectivity index (χ3v) is 3.64. The molecule has 0 heterocycles. The summed E-state index contributed by atoms with van der Waals surface area (Å²) in [7, 11) is 0. The van der Waals surface area contributed by atoms with Crippen LogP contribution in [0.5, 0.6) is 0 Å². The fraction of sp³-hybridized carbons (Fsp3) is 0.429. The van der Waals surface area contributed by atoms with Crippen molar-refractivity contribution in [3.8, 4) is 0 Å². The summed E-state index contributed by atoms with van der Waals surface area (Å²) in [6.45, 7) is 2.04. The van der Waals surface area contributed by atoms with E-state index in [1.807, 2.05) is 0 Å². The van der Waals surface area contributed by atoms with Gasteiger partial charge in [-0.1, -0.05) is 12.1 Å². The van der Waals surface area contributed by atoms with Gasteiger partial charge in [0.05, 0.1) is 5.69 Å². The monoisotopic (exact) mass is 385 g/mol. The Morgan fingerprint density at radius 1 is 1.00 bits per heavy atom. The van der Waals surface area contributed by atoms with Gasteiger partial charge in [-0.15, -0.1) is 0 Å². The minimum atomic E-state index is -6.02. The van der Waals surface area contributed by atoms with Crippen LogP contribution in [0.2, 0.25) is 0 Å². The number of azo groups is 1. The molecular formula is C14H13F6N3O3. The van der Waals surface area contributed by atoms with Gasteiger partial charge in [-0.05, 0) is 26.0 Å². The van der Waals surface area contributed by atoms with E-state index in [0.717, 1.165) is 13.8 Å². The molecule has 0 aliphatic rings. The summed E-state index contributed by atoms with van der Waals surface area (Å²) in [4.78, 5) is 22.7. The molecule has 26 heavy (non-hydrogen) atoms. The zero-order chi connectivity index (χ0) is 20.6. The zero-order valence-corrected chi connectivity index (χ0v) is 13.3. The highest BCUT2D eigenvalue weighted by atomic mass is 19.4. The van der Waals surface area contributed by atoms with Crippen LogP contribution in [0.1, 0.15) is 19.4 Å². The Hall–Kier alpha value is -2.50. The number of amides is 1. The molecule has 0 aliphatic carbocycles. The first-order valence-corrected chi connectivity index (χ1v) is 6.77. The molecule has 6 nitrogen and oxygen atoms in total. The third-order valence-electron chi connectivity index (χ3n) is 3.64. The van der Waals surface area contributed by atoms with Crippen LogP contribution < -0.4 is 5.73 Å². The van der Waals surface area contributed by atoms with E-state index in [4.69, 9.17) is 5.73 Å². The van der Waals surface area contributed by atoms with Gasteiger partial charge < -0.3 is 10.8 Å². The highest BCUT2D eigenvalue weighted by molar-refractivity contribution is 6.08. The normalized spacial score (nSPS) is 15.7. The van der Waals surface area contributed by atoms with Gasteiger partial charge in [0.1, 0.15) is 0 Å². The van der Waals surface area contributed by atoms with E-state index in [9.17, 15) is 41.0 Å². The van der Waals surface area contributed by atoms with Gasteiger partial charge in [0.15, 0.2) is 5.78 Å². The van der Waals surface area contributed by atoms with Crippen molar-refractivity contribution in [3.63, 3.8) is 0 Å². The second-order valence-corrected chi connectivity index (χ2v) is 5.45. The van der Waals surface area contributed by atoms with E-state index in [-0.39, 0.29) is 5.69 Å². The molecule has 144 valence electrons. The van der Waals surface area contributed by atoms with E-state index in [1.54, 1.807) is 0 Å². The number of carbonyl (C=O) groups is 2. The number of hydrogen-bond acceptors (Lipinski definition) is 5. The molecule has 0 aromatic heterocycles. The van der Waals surface area contributed by atoms with Crippen LogP contribution in [0.4, 0.5) is 32.0 Å². The molecule has 0 radical (unpaired) electrons. The molecule has 1 aromatic rings. The molecule has 0 spiro atoms. The van der Waals surface area contributed by atoms with Crippen LogP contribution in [0.15, 0.2) is 34.5 Å². The third kappa shape index (κ3) is 3.69. The zero-order valence-electron chi connectivity index (χ0n) is 13.3. The summed E-state index contributed by atoms with van der Waals surface area (Å²) in [5, 5.41) is 16.1. The van der Waals surface area contributed by atoms with Crippen molar-refractivity contribution in [2.24, 2.45) is 16.0 Å². The summed E-state index contributed by atoms with van der Waals surface area (Å²) < 4.78 is 76.6. The topological polar surface area (TPSA) is 105 Å². The highest BCUT2D eigenvalue weighted by Gasteiger charge is 2.71. The maximum atomic E-state index is 12.8. The first-order chi connectivity index (χ1) is 11.6. The Balaban J connectivity index is 3.30. The highest BCUT2D eigenvalue weighted by Crippen LogP contribution is 2.50. The minimum absolute atomic E-state index is 0.269. The van der Waals surface area contributed by atoms with Crippen molar-refractivity contribution in [2.75, 3.05) is 0 Å². The number of alkyl halides is 6. The van der Waals surface area contributed by atoms with Crippen molar-refractivity contribution in [2.45, 2.75) is 37.3 Å². The Morgan fingerprint density at radius 2 is 1.42 bits per heavy atom. The van der Waals surface area contributed by atoms with Gasteiger partial charge in [-0.25, -0.2) is 0 Å². The van der Waals surface area contributed by atoms with E-state index in [1.165, 1.54) is 0 Å². The summed E-state index contributed by atoms with van der Waals surface area (Å²) >= 11 is 0. The van der Waals surface area contributed by atoms with Crippen LogP contribution in [-0.2, 0) is 15.2 Å². The predicted molar refractivity (Wildman–Crippen MR) is 75.2 cm³/mol. The van der Waals surface area contributed by atoms with Gasteiger partial charge in [0.2, 0.25) is 5.54 Å². The van der Waals surface area contributed by atoms with Gasteiger partial charge in [0, 0.05) is 5.56 Å². The average Bonchev–Trinajstić information content (AvgIpc) is 2.49.